The van der Waals surface area contributed by atoms with Gasteiger partial charge in [0.1, 0.15) is 6.17 Å². The Balaban J connectivity index is 1.84. The Morgan fingerprint density at radius 1 is 1.20 bits per heavy atom. The standard InChI is InChI=1S/C11H19FN2O/c12-9-4-7-14(8-5-9)11(15)10-3-1-2-6-13-10/h9-10,13H,1-8H2/t10-/m1/s1. The number of amides is 1. The summed E-state index contributed by atoms with van der Waals surface area (Å²) in [5.41, 5.74) is 0. The second-order valence-corrected chi connectivity index (χ2v) is 4.50. The molecule has 0 aromatic rings. The number of piperidine rings is 2. The highest BCUT2D eigenvalue weighted by atomic mass is 19.1. The predicted octanol–water partition coefficient (Wildman–Crippen LogP) is 1.09. The zero-order chi connectivity index (χ0) is 10.7. The molecule has 3 nitrogen and oxygen atoms in total. The van der Waals surface area contributed by atoms with Crippen LogP contribution in [0.4, 0.5) is 4.39 Å². The molecule has 0 aliphatic carbocycles. The number of alkyl halides is 1. The van der Waals surface area contributed by atoms with Crippen LogP contribution in [0.3, 0.4) is 0 Å². The molecule has 2 saturated heterocycles. The minimum absolute atomic E-state index is 0.00471. The predicted molar refractivity (Wildman–Crippen MR) is 56.4 cm³/mol. The van der Waals surface area contributed by atoms with Crippen molar-refractivity contribution in [1.29, 1.82) is 0 Å². The van der Waals surface area contributed by atoms with Gasteiger partial charge in [0.25, 0.3) is 0 Å². The third-order valence-electron chi connectivity index (χ3n) is 3.34. The van der Waals surface area contributed by atoms with Crippen LogP contribution in [-0.4, -0.2) is 42.7 Å². The lowest BCUT2D eigenvalue weighted by atomic mass is 10.0. The second kappa shape index (κ2) is 4.92. The first-order valence-corrected chi connectivity index (χ1v) is 5.93. The highest BCUT2D eigenvalue weighted by Gasteiger charge is 2.28. The molecule has 1 amide bonds. The SMILES string of the molecule is O=C([C@H]1CCCCN1)N1CCC(F)CC1. The number of nitrogens with one attached hydrogen (secondary N) is 1. The molecule has 2 heterocycles. The largest absolute Gasteiger partial charge is 0.341 e. The third-order valence-corrected chi connectivity index (χ3v) is 3.34. The number of rotatable bonds is 1. The zero-order valence-corrected chi connectivity index (χ0v) is 9.04. The van der Waals surface area contributed by atoms with E-state index in [2.05, 4.69) is 5.32 Å². The van der Waals surface area contributed by atoms with Crippen molar-refractivity contribution in [3.63, 3.8) is 0 Å². The van der Waals surface area contributed by atoms with Gasteiger partial charge in [0.05, 0.1) is 6.04 Å². The molecule has 15 heavy (non-hydrogen) atoms. The number of hydrogen-bond donors (Lipinski definition) is 1. The van der Waals surface area contributed by atoms with Gasteiger partial charge in [-0.1, -0.05) is 6.42 Å². The molecule has 4 heteroatoms. The van der Waals surface area contributed by atoms with E-state index >= 15 is 0 Å². The molecule has 0 aromatic heterocycles. The van der Waals surface area contributed by atoms with Crippen molar-refractivity contribution >= 4 is 5.91 Å². The van der Waals surface area contributed by atoms with Crippen LogP contribution in [0, 0.1) is 0 Å². The van der Waals surface area contributed by atoms with Gasteiger partial charge in [0.15, 0.2) is 0 Å². The van der Waals surface area contributed by atoms with Crippen molar-refractivity contribution in [1.82, 2.24) is 10.2 Å². The molecule has 0 aromatic carbocycles. The maximum Gasteiger partial charge on any atom is 0.239 e. The summed E-state index contributed by atoms with van der Waals surface area (Å²) in [5.74, 6) is 0.182. The molecule has 0 radical (unpaired) electrons. The minimum Gasteiger partial charge on any atom is -0.341 e. The highest BCUT2D eigenvalue weighted by molar-refractivity contribution is 5.82. The van der Waals surface area contributed by atoms with Gasteiger partial charge in [0, 0.05) is 13.1 Å². The van der Waals surface area contributed by atoms with Gasteiger partial charge in [-0.15, -0.1) is 0 Å². The van der Waals surface area contributed by atoms with Crippen LogP contribution < -0.4 is 5.32 Å². The number of carbonyl (C=O) groups excluding carboxylic acids is 1. The van der Waals surface area contributed by atoms with Crippen LogP contribution >= 0.6 is 0 Å². The Labute approximate surface area is 90.0 Å². The lowest BCUT2D eigenvalue weighted by molar-refractivity contribution is -0.135. The van der Waals surface area contributed by atoms with Gasteiger partial charge >= 0.3 is 0 Å². The smallest absolute Gasteiger partial charge is 0.239 e. The summed E-state index contributed by atoms with van der Waals surface area (Å²) in [6.07, 6.45) is 3.55. The lowest BCUT2D eigenvalue weighted by Crippen LogP contribution is -2.50. The molecule has 2 rings (SSSR count). The van der Waals surface area contributed by atoms with Crippen molar-refractivity contribution in [3.05, 3.63) is 0 Å². The maximum absolute atomic E-state index is 12.9. The van der Waals surface area contributed by atoms with E-state index in [4.69, 9.17) is 0 Å². The van der Waals surface area contributed by atoms with Crippen molar-refractivity contribution in [2.75, 3.05) is 19.6 Å². The summed E-state index contributed by atoms with van der Waals surface area (Å²) in [7, 11) is 0. The van der Waals surface area contributed by atoms with Crippen LogP contribution in [0.2, 0.25) is 0 Å². The Morgan fingerprint density at radius 3 is 2.53 bits per heavy atom. The third kappa shape index (κ3) is 2.68. The Hall–Kier alpha value is -0.640. The van der Waals surface area contributed by atoms with Crippen LogP contribution in [0.5, 0.6) is 0 Å². The van der Waals surface area contributed by atoms with Gasteiger partial charge < -0.3 is 10.2 Å². The average molecular weight is 214 g/mol. The minimum atomic E-state index is -0.701. The topological polar surface area (TPSA) is 32.3 Å². The number of hydrogen-bond acceptors (Lipinski definition) is 2. The van der Waals surface area contributed by atoms with Crippen molar-refractivity contribution in [2.45, 2.75) is 44.3 Å². The van der Waals surface area contributed by atoms with E-state index in [0.29, 0.717) is 25.9 Å². The fourth-order valence-electron chi connectivity index (χ4n) is 2.35. The van der Waals surface area contributed by atoms with E-state index in [9.17, 15) is 9.18 Å². The number of carbonyl (C=O) groups is 1. The summed E-state index contributed by atoms with van der Waals surface area (Å²) < 4.78 is 12.9. The first kappa shape index (κ1) is 10.9. The number of likely N-dealkylation sites (tertiary alicyclic amines) is 1. The average Bonchev–Trinajstić information content (AvgIpc) is 2.30. The quantitative estimate of drug-likeness (QED) is 0.708. The molecule has 86 valence electrons. The zero-order valence-electron chi connectivity index (χ0n) is 9.04. The van der Waals surface area contributed by atoms with E-state index in [1.54, 1.807) is 0 Å². The van der Waals surface area contributed by atoms with Gasteiger partial charge in [-0.05, 0) is 32.2 Å². The molecular weight excluding hydrogens is 195 g/mol. The lowest BCUT2D eigenvalue weighted by Gasteiger charge is -2.33. The summed E-state index contributed by atoms with van der Waals surface area (Å²) in [4.78, 5) is 13.8. The van der Waals surface area contributed by atoms with Crippen LogP contribution in [-0.2, 0) is 4.79 Å². The summed E-state index contributed by atoms with van der Waals surface area (Å²) >= 11 is 0. The summed E-state index contributed by atoms with van der Waals surface area (Å²) in [6.45, 7) is 2.13. The van der Waals surface area contributed by atoms with Crippen molar-refractivity contribution in [2.24, 2.45) is 0 Å². The van der Waals surface area contributed by atoms with Crippen LogP contribution in [0.1, 0.15) is 32.1 Å². The number of nitrogens with zero attached hydrogens (tertiary/aromatic N) is 1. The molecule has 0 spiro atoms. The van der Waals surface area contributed by atoms with E-state index in [-0.39, 0.29) is 11.9 Å². The summed E-state index contributed by atoms with van der Waals surface area (Å²) in [5, 5.41) is 3.24. The van der Waals surface area contributed by atoms with Crippen molar-refractivity contribution < 1.29 is 9.18 Å². The Morgan fingerprint density at radius 2 is 1.93 bits per heavy atom. The summed E-state index contributed by atoms with van der Waals surface area (Å²) in [6, 6.07) is -0.00471. The van der Waals surface area contributed by atoms with Gasteiger partial charge in [-0.3, -0.25) is 4.79 Å². The van der Waals surface area contributed by atoms with E-state index in [1.165, 1.54) is 0 Å². The molecule has 1 N–H and O–H groups in total. The van der Waals surface area contributed by atoms with E-state index in [1.807, 2.05) is 4.90 Å². The monoisotopic (exact) mass is 214 g/mol. The van der Waals surface area contributed by atoms with Crippen molar-refractivity contribution in [3.8, 4) is 0 Å². The van der Waals surface area contributed by atoms with Gasteiger partial charge in [-0.2, -0.15) is 0 Å². The second-order valence-electron chi connectivity index (χ2n) is 4.50. The van der Waals surface area contributed by atoms with Crippen LogP contribution in [0.15, 0.2) is 0 Å². The molecule has 0 saturated carbocycles. The molecule has 2 aliphatic heterocycles. The Kier molecular flexibility index (Phi) is 3.57. The first-order valence-electron chi connectivity index (χ1n) is 5.93. The van der Waals surface area contributed by atoms with Gasteiger partial charge in [0.2, 0.25) is 5.91 Å². The normalized spacial score (nSPS) is 29.1. The first-order chi connectivity index (χ1) is 7.27. The van der Waals surface area contributed by atoms with E-state index in [0.717, 1.165) is 25.8 Å². The molecular formula is C11H19FN2O. The molecule has 2 fully saturated rings. The maximum atomic E-state index is 12.9. The molecule has 0 unspecified atom stereocenters. The molecule has 2 aliphatic rings. The van der Waals surface area contributed by atoms with Crippen LogP contribution in [0.25, 0.3) is 0 Å². The molecule has 1 atom stereocenters. The molecule has 0 bridgehead atoms. The fourth-order valence-corrected chi connectivity index (χ4v) is 2.35. The van der Waals surface area contributed by atoms with Gasteiger partial charge in [-0.25, -0.2) is 4.39 Å². The number of halogens is 1. The fraction of sp³-hybridized carbons (Fsp3) is 0.909. The van der Waals surface area contributed by atoms with E-state index < -0.39 is 6.17 Å². The highest BCUT2D eigenvalue weighted by Crippen LogP contribution is 2.16. The Bertz CT molecular complexity index is 221.